The minimum absolute atomic E-state index is 0.261. The molecule has 3 N–H and O–H groups in total. The van der Waals surface area contributed by atoms with E-state index in [0.29, 0.717) is 6.42 Å². The fourth-order valence-corrected chi connectivity index (χ4v) is 1.91. The van der Waals surface area contributed by atoms with Crippen molar-refractivity contribution >= 4 is 11.7 Å². The number of rotatable bonds is 3. The summed E-state index contributed by atoms with van der Waals surface area (Å²) in [6, 6.07) is 5.66. The highest BCUT2D eigenvalue weighted by molar-refractivity contribution is 5.71. The minimum Gasteiger partial charge on any atom is -0.481 e. The fraction of sp³-hybridized carbons (Fsp3) is 0.500. The maximum absolute atomic E-state index is 11.3. The van der Waals surface area contributed by atoms with Gasteiger partial charge in [-0.3, -0.25) is 4.79 Å². The Morgan fingerprint density at radius 3 is 2.47 bits per heavy atom. The summed E-state index contributed by atoms with van der Waals surface area (Å²) in [5.41, 5.74) is 8.31. The molecule has 17 heavy (non-hydrogen) atoms. The van der Waals surface area contributed by atoms with Crippen LogP contribution in [0.25, 0.3) is 0 Å². The van der Waals surface area contributed by atoms with Gasteiger partial charge in [0, 0.05) is 5.69 Å². The molecule has 0 spiro atoms. The third-order valence-corrected chi connectivity index (χ3v) is 3.26. The first-order chi connectivity index (χ1) is 7.73. The van der Waals surface area contributed by atoms with Crippen molar-refractivity contribution < 1.29 is 9.90 Å². The lowest BCUT2D eigenvalue weighted by Gasteiger charge is -2.27. The summed E-state index contributed by atoms with van der Waals surface area (Å²) in [7, 11) is 0. The number of carboxylic acids is 1. The zero-order valence-electron chi connectivity index (χ0n) is 10.9. The third kappa shape index (κ3) is 3.22. The van der Waals surface area contributed by atoms with E-state index in [-0.39, 0.29) is 5.41 Å². The minimum atomic E-state index is -0.751. The second-order valence-corrected chi connectivity index (χ2v) is 5.59. The Bertz CT molecular complexity index is 419. The summed E-state index contributed by atoms with van der Waals surface area (Å²) < 4.78 is 0. The van der Waals surface area contributed by atoms with Crippen LogP contribution < -0.4 is 5.73 Å². The van der Waals surface area contributed by atoms with Gasteiger partial charge in [0.1, 0.15) is 0 Å². The van der Waals surface area contributed by atoms with Crippen molar-refractivity contribution in [1.82, 2.24) is 0 Å². The highest BCUT2D eigenvalue weighted by Crippen LogP contribution is 2.31. The SMILES string of the molecule is Cc1c(N)cccc1CC(C(=O)O)C(C)(C)C. The van der Waals surface area contributed by atoms with Crippen molar-refractivity contribution in [3.63, 3.8) is 0 Å². The van der Waals surface area contributed by atoms with Crippen LogP contribution in [0.1, 0.15) is 31.9 Å². The molecule has 3 heteroatoms. The van der Waals surface area contributed by atoms with Crippen LogP contribution in [0.15, 0.2) is 18.2 Å². The van der Waals surface area contributed by atoms with Gasteiger partial charge >= 0.3 is 5.97 Å². The number of benzene rings is 1. The summed E-state index contributed by atoms with van der Waals surface area (Å²) in [6.07, 6.45) is 0.524. The van der Waals surface area contributed by atoms with Crippen molar-refractivity contribution in [2.45, 2.75) is 34.1 Å². The van der Waals surface area contributed by atoms with Crippen molar-refractivity contribution in [3.8, 4) is 0 Å². The van der Waals surface area contributed by atoms with E-state index in [1.165, 1.54) is 0 Å². The van der Waals surface area contributed by atoms with Gasteiger partial charge in [-0.15, -0.1) is 0 Å². The Kier molecular flexibility index (Phi) is 3.81. The van der Waals surface area contributed by atoms with Crippen LogP contribution in [0.3, 0.4) is 0 Å². The van der Waals surface area contributed by atoms with Crippen molar-refractivity contribution in [3.05, 3.63) is 29.3 Å². The van der Waals surface area contributed by atoms with Crippen LogP contribution in [-0.4, -0.2) is 11.1 Å². The summed E-state index contributed by atoms with van der Waals surface area (Å²) in [4.78, 5) is 11.3. The zero-order chi connectivity index (χ0) is 13.2. The molecule has 0 aliphatic rings. The van der Waals surface area contributed by atoms with Gasteiger partial charge in [-0.25, -0.2) is 0 Å². The number of hydrogen-bond donors (Lipinski definition) is 2. The lowest BCUT2D eigenvalue weighted by Crippen LogP contribution is -2.30. The second kappa shape index (κ2) is 4.78. The summed E-state index contributed by atoms with van der Waals surface area (Å²) in [5, 5.41) is 9.30. The van der Waals surface area contributed by atoms with Gasteiger partial charge in [0.25, 0.3) is 0 Å². The molecule has 1 rings (SSSR count). The lowest BCUT2D eigenvalue weighted by molar-refractivity contribution is -0.145. The number of anilines is 1. The van der Waals surface area contributed by atoms with Crippen LogP contribution in [-0.2, 0) is 11.2 Å². The standard InChI is InChI=1S/C14H21NO2/c1-9-10(6-5-7-12(9)15)8-11(13(16)17)14(2,3)4/h5-7,11H,8,15H2,1-4H3,(H,16,17). The molecule has 1 aromatic rings. The predicted molar refractivity (Wildman–Crippen MR) is 69.9 cm³/mol. The number of nitrogen functional groups attached to an aromatic ring is 1. The third-order valence-electron chi connectivity index (χ3n) is 3.26. The van der Waals surface area contributed by atoms with Gasteiger partial charge in [-0.05, 0) is 36.0 Å². The Morgan fingerprint density at radius 2 is 2.00 bits per heavy atom. The van der Waals surface area contributed by atoms with Crippen molar-refractivity contribution in [1.29, 1.82) is 0 Å². The zero-order valence-corrected chi connectivity index (χ0v) is 10.9. The van der Waals surface area contributed by atoms with Gasteiger partial charge in [0.15, 0.2) is 0 Å². The van der Waals surface area contributed by atoms with Crippen LogP contribution in [0, 0.1) is 18.3 Å². The second-order valence-electron chi connectivity index (χ2n) is 5.59. The van der Waals surface area contributed by atoms with E-state index in [9.17, 15) is 9.90 Å². The van der Waals surface area contributed by atoms with E-state index < -0.39 is 11.9 Å². The molecule has 1 aromatic carbocycles. The predicted octanol–water partition coefficient (Wildman–Crippen LogP) is 2.87. The molecule has 3 nitrogen and oxygen atoms in total. The molecule has 0 radical (unpaired) electrons. The Labute approximate surface area is 103 Å². The topological polar surface area (TPSA) is 63.3 Å². The quantitative estimate of drug-likeness (QED) is 0.792. The molecule has 94 valence electrons. The number of hydrogen-bond acceptors (Lipinski definition) is 2. The first-order valence-electron chi connectivity index (χ1n) is 5.80. The molecule has 1 atom stereocenters. The number of aliphatic carboxylic acids is 1. The van der Waals surface area contributed by atoms with Crippen LogP contribution in [0.5, 0.6) is 0 Å². The molecule has 1 unspecified atom stereocenters. The van der Waals surface area contributed by atoms with E-state index in [2.05, 4.69) is 0 Å². The molecule has 0 saturated heterocycles. The first kappa shape index (κ1) is 13.6. The summed E-state index contributed by atoms with van der Waals surface area (Å²) >= 11 is 0. The monoisotopic (exact) mass is 235 g/mol. The van der Waals surface area contributed by atoms with Gasteiger partial charge in [0.05, 0.1) is 5.92 Å². The average Bonchev–Trinajstić information content (AvgIpc) is 2.17. The maximum Gasteiger partial charge on any atom is 0.307 e. The van der Waals surface area contributed by atoms with E-state index in [1.54, 1.807) is 0 Å². The van der Waals surface area contributed by atoms with E-state index in [4.69, 9.17) is 5.73 Å². The number of carboxylic acid groups (broad SMARTS) is 1. The van der Waals surface area contributed by atoms with E-state index in [0.717, 1.165) is 16.8 Å². The largest absolute Gasteiger partial charge is 0.481 e. The molecule has 0 aliphatic carbocycles. The molecule has 0 amide bonds. The maximum atomic E-state index is 11.3. The average molecular weight is 235 g/mol. The molecular weight excluding hydrogens is 214 g/mol. The molecule has 0 fully saturated rings. The van der Waals surface area contributed by atoms with Gasteiger partial charge in [0.2, 0.25) is 0 Å². The Balaban J connectivity index is 3.03. The van der Waals surface area contributed by atoms with Gasteiger partial charge in [-0.1, -0.05) is 32.9 Å². The van der Waals surface area contributed by atoms with Gasteiger partial charge in [-0.2, -0.15) is 0 Å². The highest BCUT2D eigenvalue weighted by Gasteiger charge is 2.31. The van der Waals surface area contributed by atoms with Crippen molar-refractivity contribution in [2.24, 2.45) is 11.3 Å². The van der Waals surface area contributed by atoms with Crippen molar-refractivity contribution in [2.75, 3.05) is 5.73 Å². The number of carbonyl (C=O) groups is 1. The Hall–Kier alpha value is -1.51. The van der Waals surface area contributed by atoms with Crippen LogP contribution >= 0.6 is 0 Å². The number of nitrogens with two attached hydrogens (primary N) is 1. The van der Waals surface area contributed by atoms with Crippen LogP contribution in [0.2, 0.25) is 0 Å². The molecular formula is C14H21NO2. The fourth-order valence-electron chi connectivity index (χ4n) is 1.91. The first-order valence-corrected chi connectivity index (χ1v) is 5.80. The molecule has 0 bridgehead atoms. The highest BCUT2D eigenvalue weighted by atomic mass is 16.4. The van der Waals surface area contributed by atoms with Gasteiger partial charge < -0.3 is 10.8 Å². The van der Waals surface area contributed by atoms with E-state index >= 15 is 0 Å². The molecule has 0 aromatic heterocycles. The normalized spacial score (nSPS) is 13.4. The van der Waals surface area contributed by atoms with E-state index in [1.807, 2.05) is 45.9 Å². The van der Waals surface area contributed by atoms with Crippen LogP contribution in [0.4, 0.5) is 5.69 Å². The summed E-state index contributed by atoms with van der Waals surface area (Å²) in [5.74, 6) is -1.15. The molecule has 0 aliphatic heterocycles. The Morgan fingerprint density at radius 1 is 1.41 bits per heavy atom. The molecule has 0 heterocycles. The molecule has 0 saturated carbocycles. The lowest BCUT2D eigenvalue weighted by atomic mass is 9.76. The summed E-state index contributed by atoms with van der Waals surface area (Å²) in [6.45, 7) is 7.79. The smallest absolute Gasteiger partial charge is 0.307 e.